The van der Waals surface area contributed by atoms with Crippen LogP contribution in [0.3, 0.4) is 0 Å². The Hall–Kier alpha value is -3.37. The number of carbonyl (C=O) groups excluding carboxylic acids is 1. The molecule has 3 aromatic rings. The zero-order valence-corrected chi connectivity index (χ0v) is 19.4. The highest BCUT2D eigenvalue weighted by Gasteiger charge is 2.26. The normalized spacial score (nSPS) is 12.2. The van der Waals surface area contributed by atoms with E-state index in [1.54, 1.807) is 12.5 Å². The lowest BCUT2D eigenvalue weighted by molar-refractivity contribution is -0.122. The van der Waals surface area contributed by atoms with Crippen LogP contribution >= 0.6 is 0 Å². The SMILES string of the molecule is COc1ccc(S(=O)(=O)NC(Cc2ccccc2)C(=O)NCCCn2ccnc2)cc1OC. The van der Waals surface area contributed by atoms with Crippen LogP contribution in [0.1, 0.15) is 12.0 Å². The standard InChI is InChI=1S/C23H28N4O5S/c1-31-21-10-9-19(16-22(21)32-2)33(29,30)26-20(15-18-7-4-3-5-8-18)23(28)25-11-6-13-27-14-12-24-17-27/h3-5,7-10,12,14,16-17,20,26H,6,11,13,15H2,1-2H3,(H,25,28). The van der Waals surface area contributed by atoms with Gasteiger partial charge >= 0.3 is 0 Å². The van der Waals surface area contributed by atoms with Crippen molar-refractivity contribution in [2.75, 3.05) is 20.8 Å². The summed E-state index contributed by atoms with van der Waals surface area (Å²) in [6.45, 7) is 1.10. The molecule has 0 saturated heterocycles. The third-order valence-corrected chi connectivity index (χ3v) is 6.48. The number of aromatic nitrogens is 2. The number of rotatable bonds is 12. The summed E-state index contributed by atoms with van der Waals surface area (Å²) in [5.74, 6) is 0.297. The zero-order chi connectivity index (χ0) is 23.7. The highest BCUT2D eigenvalue weighted by Crippen LogP contribution is 2.29. The molecule has 33 heavy (non-hydrogen) atoms. The molecule has 1 heterocycles. The fourth-order valence-electron chi connectivity index (χ4n) is 3.29. The van der Waals surface area contributed by atoms with Crippen molar-refractivity contribution in [2.24, 2.45) is 0 Å². The first kappa shape index (κ1) is 24.3. The second-order valence-electron chi connectivity index (χ2n) is 7.33. The molecular formula is C23H28N4O5S. The van der Waals surface area contributed by atoms with Gasteiger partial charge in [0.2, 0.25) is 15.9 Å². The monoisotopic (exact) mass is 472 g/mol. The minimum absolute atomic E-state index is 0.0221. The first-order chi connectivity index (χ1) is 15.9. The van der Waals surface area contributed by atoms with E-state index in [-0.39, 0.29) is 17.1 Å². The van der Waals surface area contributed by atoms with Gasteiger partial charge in [0.15, 0.2) is 11.5 Å². The van der Waals surface area contributed by atoms with Crippen molar-refractivity contribution < 1.29 is 22.7 Å². The molecule has 176 valence electrons. The quantitative estimate of drug-likeness (QED) is 0.390. The van der Waals surface area contributed by atoms with E-state index < -0.39 is 22.0 Å². The second kappa shape index (κ2) is 11.5. The van der Waals surface area contributed by atoms with Gasteiger partial charge in [-0.1, -0.05) is 30.3 Å². The van der Waals surface area contributed by atoms with E-state index in [2.05, 4.69) is 15.0 Å². The summed E-state index contributed by atoms with van der Waals surface area (Å²) < 4.78 is 41.0. The molecular weight excluding hydrogens is 444 g/mol. The van der Waals surface area contributed by atoms with Crippen molar-refractivity contribution in [3.05, 3.63) is 72.8 Å². The van der Waals surface area contributed by atoms with Crippen molar-refractivity contribution in [2.45, 2.75) is 30.3 Å². The highest BCUT2D eigenvalue weighted by molar-refractivity contribution is 7.89. The third kappa shape index (κ3) is 6.80. The van der Waals surface area contributed by atoms with Gasteiger partial charge in [0, 0.05) is 31.5 Å². The number of sulfonamides is 1. The molecule has 0 saturated carbocycles. The van der Waals surface area contributed by atoms with Gasteiger partial charge in [-0.05, 0) is 30.5 Å². The summed E-state index contributed by atoms with van der Waals surface area (Å²) in [7, 11) is -1.11. The number of aryl methyl sites for hydroxylation is 1. The third-order valence-electron chi connectivity index (χ3n) is 5.01. The Bertz CT molecular complexity index is 1130. The Kier molecular flexibility index (Phi) is 8.45. The van der Waals surface area contributed by atoms with Gasteiger partial charge in [-0.25, -0.2) is 13.4 Å². The number of hydrogen-bond acceptors (Lipinski definition) is 6. The Balaban J connectivity index is 1.73. The molecule has 0 radical (unpaired) electrons. The Morgan fingerprint density at radius 2 is 1.85 bits per heavy atom. The molecule has 2 N–H and O–H groups in total. The number of benzene rings is 2. The second-order valence-corrected chi connectivity index (χ2v) is 9.04. The van der Waals surface area contributed by atoms with Gasteiger partial charge < -0.3 is 19.4 Å². The lowest BCUT2D eigenvalue weighted by atomic mass is 10.1. The fraction of sp³-hybridized carbons (Fsp3) is 0.304. The van der Waals surface area contributed by atoms with Crippen LogP contribution in [-0.4, -0.2) is 50.7 Å². The highest BCUT2D eigenvalue weighted by atomic mass is 32.2. The molecule has 0 aliphatic heterocycles. The molecule has 2 aromatic carbocycles. The van der Waals surface area contributed by atoms with Gasteiger partial charge in [-0.3, -0.25) is 4.79 Å². The van der Waals surface area contributed by atoms with Gasteiger partial charge in [0.05, 0.1) is 25.4 Å². The predicted molar refractivity (Wildman–Crippen MR) is 124 cm³/mol. The Morgan fingerprint density at radius 3 is 2.52 bits per heavy atom. The predicted octanol–water partition coefficient (Wildman–Crippen LogP) is 2.00. The molecule has 0 spiro atoms. The van der Waals surface area contributed by atoms with Crippen LogP contribution in [0.5, 0.6) is 11.5 Å². The van der Waals surface area contributed by atoms with Crippen LogP contribution < -0.4 is 19.5 Å². The van der Waals surface area contributed by atoms with Crippen LogP contribution in [0.2, 0.25) is 0 Å². The van der Waals surface area contributed by atoms with Gasteiger partial charge in [-0.15, -0.1) is 0 Å². The van der Waals surface area contributed by atoms with Crippen LogP contribution in [0.15, 0.2) is 72.1 Å². The summed E-state index contributed by atoms with van der Waals surface area (Å²) >= 11 is 0. The maximum Gasteiger partial charge on any atom is 0.241 e. The first-order valence-electron chi connectivity index (χ1n) is 10.4. The molecule has 1 aromatic heterocycles. The molecule has 0 fully saturated rings. The summed E-state index contributed by atoms with van der Waals surface area (Å²) in [5, 5.41) is 2.84. The average molecular weight is 473 g/mol. The topological polar surface area (TPSA) is 112 Å². The van der Waals surface area contributed by atoms with Crippen LogP contribution in [-0.2, 0) is 27.8 Å². The zero-order valence-electron chi connectivity index (χ0n) is 18.6. The van der Waals surface area contributed by atoms with Crippen molar-refractivity contribution in [3.63, 3.8) is 0 Å². The van der Waals surface area contributed by atoms with E-state index in [1.165, 1.54) is 32.4 Å². The largest absolute Gasteiger partial charge is 0.493 e. The maximum atomic E-state index is 13.1. The number of amides is 1. The van der Waals surface area contributed by atoms with Crippen LogP contribution in [0, 0.1) is 0 Å². The number of imidazole rings is 1. The van der Waals surface area contributed by atoms with E-state index in [0.29, 0.717) is 25.3 Å². The van der Waals surface area contributed by atoms with Gasteiger partial charge in [0.1, 0.15) is 6.04 Å². The number of methoxy groups -OCH3 is 2. The van der Waals surface area contributed by atoms with Crippen LogP contribution in [0.4, 0.5) is 0 Å². The Labute approximate surface area is 193 Å². The molecule has 1 unspecified atom stereocenters. The number of nitrogens with zero attached hydrogens (tertiary/aromatic N) is 2. The molecule has 1 amide bonds. The van der Waals surface area contributed by atoms with Crippen molar-refractivity contribution >= 4 is 15.9 Å². The minimum Gasteiger partial charge on any atom is -0.493 e. The van der Waals surface area contributed by atoms with E-state index in [1.807, 2.05) is 41.1 Å². The molecule has 3 rings (SSSR count). The number of nitrogens with one attached hydrogen (secondary N) is 2. The average Bonchev–Trinajstić information content (AvgIpc) is 3.35. The summed E-state index contributed by atoms with van der Waals surface area (Å²) in [5.41, 5.74) is 0.839. The number of hydrogen-bond donors (Lipinski definition) is 2. The number of ether oxygens (including phenoxy) is 2. The van der Waals surface area contributed by atoms with E-state index in [9.17, 15) is 13.2 Å². The van der Waals surface area contributed by atoms with E-state index in [0.717, 1.165) is 5.56 Å². The molecule has 10 heteroatoms. The van der Waals surface area contributed by atoms with Crippen molar-refractivity contribution in [1.29, 1.82) is 0 Å². The lowest BCUT2D eigenvalue weighted by Gasteiger charge is -2.19. The summed E-state index contributed by atoms with van der Waals surface area (Å²) in [6.07, 6.45) is 6.13. The van der Waals surface area contributed by atoms with E-state index in [4.69, 9.17) is 9.47 Å². The van der Waals surface area contributed by atoms with Gasteiger partial charge in [0.25, 0.3) is 0 Å². The van der Waals surface area contributed by atoms with Crippen molar-refractivity contribution in [1.82, 2.24) is 19.6 Å². The number of carbonyl (C=O) groups is 1. The smallest absolute Gasteiger partial charge is 0.241 e. The Morgan fingerprint density at radius 1 is 1.09 bits per heavy atom. The van der Waals surface area contributed by atoms with Gasteiger partial charge in [-0.2, -0.15) is 4.72 Å². The van der Waals surface area contributed by atoms with Crippen LogP contribution in [0.25, 0.3) is 0 Å². The molecule has 9 nitrogen and oxygen atoms in total. The molecule has 1 atom stereocenters. The maximum absolute atomic E-state index is 13.1. The molecule has 0 bridgehead atoms. The summed E-state index contributed by atoms with van der Waals surface area (Å²) in [4.78, 5) is 16.9. The minimum atomic E-state index is -4.01. The lowest BCUT2D eigenvalue weighted by Crippen LogP contribution is -2.48. The fourth-order valence-corrected chi connectivity index (χ4v) is 4.50. The summed E-state index contributed by atoms with van der Waals surface area (Å²) in [6, 6.07) is 12.6. The van der Waals surface area contributed by atoms with E-state index >= 15 is 0 Å². The first-order valence-corrected chi connectivity index (χ1v) is 11.9. The molecule has 0 aliphatic rings. The molecule has 0 aliphatic carbocycles. The van der Waals surface area contributed by atoms with Crippen molar-refractivity contribution in [3.8, 4) is 11.5 Å².